The predicted octanol–water partition coefficient (Wildman–Crippen LogP) is 6.40. The Hall–Kier alpha value is -4.90. The van der Waals surface area contributed by atoms with E-state index in [1.54, 1.807) is 11.0 Å². The van der Waals surface area contributed by atoms with Gasteiger partial charge in [-0.1, -0.05) is 12.6 Å². The number of aromatic nitrogens is 3. The van der Waals surface area contributed by atoms with Gasteiger partial charge in [-0.15, -0.1) is 11.3 Å². The lowest BCUT2D eigenvalue weighted by Crippen LogP contribution is -2.40. The van der Waals surface area contributed by atoms with Crippen molar-refractivity contribution in [2.75, 3.05) is 20.2 Å². The van der Waals surface area contributed by atoms with Crippen molar-refractivity contribution in [2.45, 2.75) is 25.9 Å². The molecule has 0 unspecified atom stereocenters. The number of amides is 2. The van der Waals surface area contributed by atoms with Gasteiger partial charge in [0.25, 0.3) is 5.91 Å². The van der Waals surface area contributed by atoms with E-state index in [1.807, 2.05) is 41.3 Å². The molecule has 1 N–H and O–H groups in total. The summed E-state index contributed by atoms with van der Waals surface area (Å²) < 4.78 is 38.2. The summed E-state index contributed by atoms with van der Waals surface area (Å²) in [6.07, 6.45) is 1.99. The number of rotatable bonds is 5. The second-order valence-electron chi connectivity index (χ2n) is 10.8. The van der Waals surface area contributed by atoms with E-state index in [4.69, 9.17) is 14.8 Å². The van der Waals surface area contributed by atoms with E-state index in [2.05, 4.69) is 11.9 Å². The monoisotopic (exact) mass is 613 g/mol. The minimum Gasteiger partial charge on any atom is -0.496 e. The number of hydrogen-bond acceptors (Lipinski definition) is 6. The number of carbonyl (C=O) groups is 2. The van der Waals surface area contributed by atoms with Crippen molar-refractivity contribution in [3.63, 3.8) is 0 Å². The van der Waals surface area contributed by atoms with E-state index < -0.39 is 11.6 Å². The number of carbonyl (C=O) groups excluding carboxylic acids is 2. The lowest BCUT2D eigenvalue weighted by molar-refractivity contribution is -0.129. The molecule has 0 fully saturated rings. The van der Waals surface area contributed by atoms with Crippen LogP contribution in [0, 0.1) is 11.6 Å². The first-order valence-corrected chi connectivity index (χ1v) is 15.0. The van der Waals surface area contributed by atoms with Gasteiger partial charge < -0.3 is 15.0 Å². The molecular weight excluding hydrogens is 584 g/mol. The van der Waals surface area contributed by atoms with Crippen LogP contribution in [0.1, 0.15) is 36.0 Å². The van der Waals surface area contributed by atoms with Crippen LogP contribution in [0.4, 0.5) is 8.78 Å². The fourth-order valence-corrected chi connectivity index (χ4v) is 7.18. The summed E-state index contributed by atoms with van der Waals surface area (Å²) in [5, 5.41) is 10.4. The number of methoxy groups -OCH3 is 1. The van der Waals surface area contributed by atoms with Crippen molar-refractivity contribution in [3.8, 4) is 39.5 Å². The molecule has 5 aromatic rings. The van der Waals surface area contributed by atoms with Gasteiger partial charge in [0.05, 0.1) is 36.6 Å². The first-order valence-electron chi connectivity index (χ1n) is 14.2. The normalized spacial score (nSPS) is 16.0. The SMILES string of the molecule is C=CC(=O)N1CCn2nc(-c3nc(-c4ccc5c(c4)CCNC5=O)c4ccsc4c3-c3c(F)cc(F)cc3OC)cc2[C@H]1C.[HH]. The molecule has 2 aliphatic heterocycles. The number of pyridine rings is 1. The third kappa shape index (κ3) is 4.38. The molecule has 11 heteroatoms. The highest BCUT2D eigenvalue weighted by molar-refractivity contribution is 7.18. The molecule has 0 saturated heterocycles. The Morgan fingerprint density at radius 2 is 2.00 bits per heavy atom. The summed E-state index contributed by atoms with van der Waals surface area (Å²) in [5.41, 5.74) is 5.21. The molecule has 2 amide bonds. The summed E-state index contributed by atoms with van der Waals surface area (Å²) in [7, 11) is 1.37. The van der Waals surface area contributed by atoms with Gasteiger partial charge in [0.15, 0.2) is 0 Å². The largest absolute Gasteiger partial charge is 0.496 e. The molecule has 1 atom stereocenters. The van der Waals surface area contributed by atoms with Gasteiger partial charge in [-0.25, -0.2) is 13.8 Å². The molecule has 44 heavy (non-hydrogen) atoms. The number of benzene rings is 2. The van der Waals surface area contributed by atoms with Gasteiger partial charge in [-0.2, -0.15) is 5.10 Å². The van der Waals surface area contributed by atoms with E-state index in [0.717, 1.165) is 39.0 Å². The van der Waals surface area contributed by atoms with Gasteiger partial charge >= 0.3 is 0 Å². The maximum Gasteiger partial charge on any atom is 0.251 e. The third-order valence-corrected chi connectivity index (χ3v) is 9.29. The fourth-order valence-electron chi connectivity index (χ4n) is 6.23. The van der Waals surface area contributed by atoms with E-state index >= 15 is 4.39 Å². The van der Waals surface area contributed by atoms with Crippen LogP contribution in [0.2, 0.25) is 0 Å². The van der Waals surface area contributed by atoms with Gasteiger partial charge in [0.2, 0.25) is 5.91 Å². The molecule has 2 aromatic carbocycles. The third-order valence-electron chi connectivity index (χ3n) is 8.36. The number of thiophene rings is 1. The smallest absolute Gasteiger partial charge is 0.251 e. The average Bonchev–Trinajstić information content (AvgIpc) is 3.68. The first kappa shape index (κ1) is 27.9. The van der Waals surface area contributed by atoms with Crippen LogP contribution < -0.4 is 10.1 Å². The first-order chi connectivity index (χ1) is 21.3. The van der Waals surface area contributed by atoms with Crippen LogP contribution in [0.25, 0.3) is 43.9 Å². The quantitative estimate of drug-likeness (QED) is 0.232. The zero-order chi connectivity index (χ0) is 30.7. The van der Waals surface area contributed by atoms with E-state index in [9.17, 15) is 14.0 Å². The number of nitrogens with zero attached hydrogens (tertiary/aromatic N) is 4. The number of nitrogens with one attached hydrogen (secondary N) is 1. The van der Waals surface area contributed by atoms with Crippen LogP contribution in [0.15, 0.2) is 60.5 Å². The van der Waals surface area contributed by atoms with Crippen LogP contribution in [0.5, 0.6) is 5.75 Å². The van der Waals surface area contributed by atoms with E-state index in [1.165, 1.54) is 24.5 Å². The molecule has 0 bridgehead atoms. The molecule has 0 saturated carbocycles. The summed E-state index contributed by atoms with van der Waals surface area (Å²) in [6, 6.07) is 11.2. The highest BCUT2D eigenvalue weighted by Gasteiger charge is 2.31. The molecule has 5 heterocycles. The number of halogens is 2. The van der Waals surface area contributed by atoms with E-state index in [0.29, 0.717) is 54.3 Å². The molecule has 0 aliphatic carbocycles. The summed E-state index contributed by atoms with van der Waals surface area (Å²) in [5.74, 6) is -1.79. The minimum absolute atomic E-state index is 0. The highest BCUT2D eigenvalue weighted by Crippen LogP contribution is 2.47. The minimum atomic E-state index is -0.785. The van der Waals surface area contributed by atoms with Crippen molar-refractivity contribution in [1.29, 1.82) is 0 Å². The number of hydrogen-bond donors (Lipinski definition) is 1. The molecule has 2 aliphatic rings. The topological polar surface area (TPSA) is 89.4 Å². The molecule has 0 radical (unpaired) electrons. The summed E-state index contributed by atoms with van der Waals surface area (Å²) >= 11 is 1.41. The van der Waals surface area contributed by atoms with Crippen molar-refractivity contribution in [3.05, 3.63) is 89.0 Å². The zero-order valence-corrected chi connectivity index (χ0v) is 24.8. The maximum atomic E-state index is 15.8. The van der Waals surface area contributed by atoms with Crippen molar-refractivity contribution in [1.82, 2.24) is 25.0 Å². The van der Waals surface area contributed by atoms with Crippen molar-refractivity contribution >= 4 is 33.2 Å². The molecule has 7 rings (SSSR count). The molecule has 3 aromatic heterocycles. The molecule has 0 spiro atoms. The lowest BCUT2D eigenvalue weighted by atomic mass is 9.93. The zero-order valence-electron chi connectivity index (χ0n) is 24.0. The van der Waals surface area contributed by atoms with E-state index in [-0.39, 0.29) is 30.6 Å². The second kappa shape index (κ2) is 10.7. The van der Waals surface area contributed by atoms with Crippen LogP contribution in [0.3, 0.4) is 0 Å². The number of fused-ring (bicyclic) bond motifs is 3. The Balaban J connectivity index is 0.00000357. The number of ether oxygens (including phenoxy) is 1. The average molecular weight is 614 g/mol. The van der Waals surface area contributed by atoms with Crippen LogP contribution in [-0.2, 0) is 17.8 Å². The fraction of sp³-hybridized carbons (Fsp3) is 0.212. The summed E-state index contributed by atoms with van der Waals surface area (Å²) in [4.78, 5) is 31.8. The Morgan fingerprint density at radius 1 is 1.16 bits per heavy atom. The van der Waals surface area contributed by atoms with Gasteiger partial charge in [0, 0.05) is 53.4 Å². The Kier molecular flexibility index (Phi) is 6.77. The van der Waals surface area contributed by atoms with Crippen molar-refractivity contribution < 1.29 is 24.5 Å². The van der Waals surface area contributed by atoms with Gasteiger partial charge in [-0.3, -0.25) is 14.3 Å². The van der Waals surface area contributed by atoms with Crippen LogP contribution in [-0.4, -0.2) is 51.7 Å². The van der Waals surface area contributed by atoms with Crippen molar-refractivity contribution in [2.24, 2.45) is 0 Å². The summed E-state index contributed by atoms with van der Waals surface area (Å²) in [6.45, 7) is 7.02. The Bertz CT molecular complexity index is 2020. The molecule has 8 nitrogen and oxygen atoms in total. The maximum absolute atomic E-state index is 15.8. The Morgan fingerprint density at radius 3 is 2.80 bits per heavy atom. The molecule has 224 valence electrons. The van der Waals surface area contributed by atoms with Gasteiger partial charge in [-0.05, 0) is 54.6 Å². The lowest BCUT2D eigenvalue weighted by Gasteiger charge is -2.33. The second-order valence-corrected chi connectivity index (χ2v) is 11.7. The van der Waals surface area contributed by atoms with Crippen LogP contribution >= 0.6 is 11.3 Å². The predicted molar refractivity (Wildman–Crippen MR) is 167 cm³/mol. The highest BCUT2D eigenvalue weighted by atomic mass is 32.1. The van der Waals surface area contributed by atoms with Gasteiger partial charge in [0.1, 0.15) is 28.8 Å². The standard InChI is InChI=1S/C33H27F2N5O3S.H2/c1-4-27(41)39-10-11-40-25(17(39)2)16-24(38-40)31-29(28-23(35)14-20(34)15-26(28)43-3)32-22(8-12-44-32)30(37-31)19-5-6-21-18(13-19)7-9-36-33(21)42;/h4-6,8,12-17H,1,7,9-11H2,2-3H3,(H,36,42);1H/t17-;/m1./s1. The Labute approximate surface area is 257 Å². The molecular formula is C33H29F2N5O3S.